The van der Waals surface area contributed by atoms with Crippen molar-refractivity contribution >= 4 is 6.08 Å². The quantitative estimate of drug-likeness (QED) is 0.438. The summed E-state index contributed by atoms with van der Waals surface area (Å²) in [5.74, 6) is 0.728. The van der Waals surface area contributed by atoms with Crippen LogP contribution in [0.3, 0.4) is 0 Å². The molecule has 0 aliphatic heterocycles. The highest BCUT2D eigenvalue weighted by Crippen LogP contribution is 2.50. The first-order valence-electron chi connectivity index (χ1n) is 4.46. The van der Waals surface area contributed by atoms with Gasteiger partial charge in [-0.05, 0) is 31.6 Å². The summed E-state index contributed by atoms with van der Waals surface area (Å²) in [5, 5.41) is 0. The molecule has 0 aromatic heterocycles. The molecule has 2 fully saturated rings. The molecule has 0 saturated heterocycles. The van der Waals surface area contributed by atoms with Crippen LogP contribution in [0.4, 0.5) is 0 Å². The molecule has 60 valence electrons. The van der Waals surface area contributed by atoms with Crippen molar-refractivity contribution in [3.63, 3.8) is 0 Å². The van der Waals surface area contributed by atoms with E-state index in [1.54, 1.807) is 6.08 Å². The summed E-state index contributed by atoms with van der Waals surface area (Å²) in [5.41, 5.74) is 0.0573. The maximum absolute atomic E-state index is 10.2. The molecule has 2 saturated carbocycles. The number of carbonyl (C=O) groups excluding carboxylic acids is 1. The van der Waals surface area contributed by atoms with Gasteiger partial charge in [0.2, 0.25) is 6.08 Å². The van der Waals surface area contributed by atoms with E-state index in [0.717, 1.165) is 18.8 Å². The van der Waals surface area contributed by atoms with Crippen LogP contribution >= 0.6 is 0 Å². The van der Waals surface area contributed by atoms with Crippen molar-refractivity contribution in [2.24, 2.45) is 10.9 Å². The third-order valence-electron chi connectivity index (χ3n) is 3.07. The normalized spacial score (nSPS) is 28.0. The smallest absolute Gasteiger partial charge is 0.211 e. The van der Waals surface area contributed by atoms with Gasteiger partial charge in [0.25, 0.3) is 0 Å². The fourth-order valence-corrected chi connectivity index (χ4v) is 2.31. The first kappa shape index (κ1) is 7.05. The molecule has 0 bridgehead atoms. The standard InChI is InChI=1S/C9H13NO/c11-7-10-9(8-3-4-8)5-1-2-6-9/h8H,1-6H2. The van der Waals surface area contributed by atoms with E-state index in [1.165, 1.54) is 25.7 Å². The Balaban J connectivity index is 2.17. The van der Waals surface area contributed by atoms with E-state index < -0.39 is 0 Å². The summed E-state index contributed by atoms with van der Waals surface area (Å²) in [6.45, 7) is 0. The van der Waals surface area contributed by atoms with Gasteiger partial charge in [-0.1, -0.05) is 12.8 Å². The van der Waals surface area contributed by atoms with Gasteiger partial charge in [-0.2, -0.15) is 4.99 Å². The number of isocyanates is 1. The van der Waals surface area contributed by atoms with Crippen LogP contribution < -0.4 is 0 Å². The Morgan fingerprint density at radius 1 is 1.27 bits per heavy atom. The average Bonchev–Trinajstić information content (AvgIpc) is 2.76. The van der Waals surface area contributed by atoms with Crippen molar-refractivity contribution in [1.82, 2.24) is 0 Å². The lowest BCUT2D eigenvalue weighted by molar-refractivity contribution is 0.382. The van der Waals surface area contributed by atoms with Gasteiger partial charge >= 0.3 is 0 Å². The molecule has 2 aliphatic carbocycles. The molecule has 0 atom stereocenters. The van der Waals surface area contributed by atoms with Gasteiger partial charge in [0.1, 0.15) is 0 Å². The average molecular weight is 151 g/mol. The molecule has 11 heavy (non-hydrogen) atoms. The minimum Gasteiger partial charge on any atom is -0.211 e. The maximum Gasteiger partial charge on any atom is 0.235 e. The Hall–Kier alpha value is -0.620. The van der Waals surface area contributed by atoms with Crippen molar-refractivity contribution in [1.29, 1.82) is 0 Å². The summed E-state index contributed by atoms with van der Waals surface area (Å²) in [6.07, 6.45) is 9.08. The first-order chi connectivity index (χ1) is 5.37. The molecular weight excluding hydrogens is 138 g/mol. The van der Waals surface area contributed by atoms with E-state index in [2.05, 4.69) is 4.99 Å². The number of hydrogen-bond acceptors (Lipinski definition) is 2. The largest absolute Gasteiger partial charge is 0.235 e. The number of aliphatic imine (C=N–C) groups is 1. The van der Waals surface area contributed by atoms with Gasteiger partial charge in [0.15, 0.2) is 0 Å². The number of rotatable bonds is 2. The molecular formula is C9H13NO. The predicted molar refractivity (Wildman–Crippen MR) is 42.0 cm³/mol. The van der Waals surface area contributed by atoms with Crippen molar-refractivity contribution in [3.05, 3.63) is 0 Å². The van der Waals surface area contributed by atoms with Crippen LogP contribution in [0.25, 0.3) is 0 Å². The summed E-state index contributed by atoms with van der Waals surface area (Å²) >= 11 is 0. The van der Waals surface area contributed by atoms with Gasteiger partial charge in [0.05, 0.1) is 5.54 Å². The van der Waals surface area contributed by atoms with Crippen LogP contribution in [0, 0.1) is 5.92 Å². The zero-order valence-corrected chi connectivity index (χ0v) is 6.68. The number of nitrogens with zero attached hydrogens (tertiary/aromatic N) is 1. The molecule has 2 aliphatic rings. The van der Waals surface area contributed by atoms with E-state index >= 15 is 0 Å². The van der Waals surface area contributed by atoms with Crippen molar-refractivity contribution in [3.8, 4) is 0 Å². The molecule has 0 aromatic carbocycles. The highest BCUT2D eigenvalue weighted by Gasteiger charge is 2.46. The zero-order valence-electron chi connectivity index (χ0n) is 6.68. The minimum absolute atomic E-state index is 0.0573. The lowest BCUT2D eigenvalue weighted by Crippen LogP contribution is -2.24. The number of hydrogen-bond donors (Lipinski definition) is 0. The third-order valence-corrected chi connectivity index (χ3v) is 3.07. The van der Waals surface area contributed by atoms with Crippen molar-refractivity contribution in [2.75, 3.05) is 0 Å². The first-order valence-corrected chi connectivity index (χ1v) is 4.46. The van der Waals surface area contributed by atoms with Gasteiger partial charge < -0.3 is 0 Å². The molecule has 0 spiro atoms. The monoisotopic (exact) mass is 151 g/mol. The molecule has 0 heterocycles. The topological polar surface area (TPSA) is 29.4 Å². The minimum atomic E-state index is 0.0573. The van der Waals surface area contributed by atoms with Crippen LogP contribution in [-0.2, 0) is 4.79 Å². The molecule has 2 rings (SSSR count). The highest BCUT2D eigenvalue weighted by atomic mass is 16.1. The van der Waals surface area contributed by atoms with Crippen LogP contribution in [-0.4, -0.2) is 11.6 Å². The van der Waals surface area contributed by atoms with E-state index in [-0.39, 0.29) is 5.54 Å². The highest BCUT2D eigenvalue weighted by molar-refractivity contribution is 5.35. The Kier molecular flexibility index (Phi) is 1.57. The van der Waals surface area contributed by atoms with Crippen LogP contribution in [0.2, 0.25) is 0 Å². The van der Waals surface area contributed by atoms with Gasteiger partial charge in [-0.25, -0.2) is 4.79 Å². The Labute approximate surface area is 66.7 Å². The maximum atomic E-state index is 10.2. The summed E-state index contributed by atoms with van der Waals surface area (Å²) in [7, 11) is 0. The fraction of sp³-hybridized carbons (Fsp3) is 0.889. The second kappa shape index (κ2) is 2.46. The molecule has 0 amide bonds. The van der Waals surface area contributed by atoms with Crippen LogP contribution in [0.5, 0.6) is 0 Å². The molecule has 2 heteroatoms. The summed E-state index contributed by atoms with van der Waals surface area (Å²) in [4.78, 5) is 14.2. The Morgan fingerprint density at radius 2 is 1.91 bits per heavy atom. The molecule has 0 radical (unpaired) electrons. The van der Waals surface area contributed by atoms with E-state index in [1.807, 2.05) is 0 Å². The third kappa shape index (κ3) is 1.12. The lowest BCUT2D eigenvalue weighted by Gasteiger charge is -2.20. The zero-order chi connectivity index (χ0) is 7.73. The van der Waals surface area contributed by atoms with Gasteiger partial charge in [-0.3, -0.25) is 0 Å². The predicted octanol–water partition coefficient (Wildman–Crippen LogP) is 2.04. The Bertz CT molecular complexity index is 196. The summed E-state index contributed by atoms with van der Waals surface area (Å²) in [6, 6.07) is 0. The molecule has 0 unspecified atom stereocenters. The van der Waals surface area contributed by atoms with Crippen molar-refractivity contribution in [2.45, 2.75) is 44.1 Å². The summed E-state index contributed by atoms with van der Waals surface area (Å²) < 4.78 is 0. The molecule has 0 N–H and O–H groups in total. The van der Waals surface area contributed by atoms with Crippen LogP contribution in [0.15, 0.2) is 4.99 Å². The van der Waals surface area contributed by atoms with Gasteiger partial charge in [0, 0.05) is 0 Å². The van der Waals surface area contributed by atoms with E-state index in [9.17, 15) is 4.79 Å². The SMILES string of the molecule is O=C=NC1(C2CC2)CCCC1. The van der Waals surface area contributed by atoms with E-state index in [4.69, 9.17) is 0 Å². The second-order valence-electron chi connectivity index (χ2n) is 3.79. The molecule has 2 nitrogen and oxygen atoms in total. The van der Waals surface area contributed by atoms with Gasteiger partial charge in [-0.15, -0.1) is 0 Å². The fourth-order valence-electron chi connectivity index (χ4n) is 2.31. The Morgan fingerprint density at radius 3 is 2.36 bits per heavy atom. The second-order valence-corrected chi connectivity index (χ2v) is 3.79. The van der Waals surface area contributed by atoms with Crippen LogP contribution in [0.1, 0.15) is 38.5 Å². The molecule has 0 aromatic rings. The van der Waals surface area contributed by atoms with Crippen molar-refractivity contribution < 1.29 is 4.79 Å². The lowest BCUT2D eigenvalue weighted by atomic mass is 9.92. The van der Waals surface area contributed by atoms with E-state index in [0.29, 0.717) is 0 Å².